The lowest BCUT2D eigenvalue weighted by Crippen LogP contribution is -2.47. The molecule has 1 fully saturated rings. The van der Waals surface area contributed by atoms with E-state index in [0.29, 0.717) is 17.5 Å². The largest absolute Gasteiger partial charge is 0.341 e. The number of halogens is 1. The van der Waals surface area contributed by atoms with Gasteiger partial charge in [-0.2, -0.15) is 0 Å². The molecule has 1 N–H and O–H groups in total. The molecule has 21 heavy (non-hydrogen) atoms. The molecule has 0 spiro atoms. The minimum absolute atomic E-state index is 0.205. The van der Waals surface area contributed by atoms with Crippen LogP contribution in [0.4, 0.5) is 0 Å². The minimum Gasteiger partial charge on any atom is -0.341 e. The Labute approximate surface area is 132 Å². The Morgan fingerprint density at radius 3 is 2.86 bits per heavy atom. The van der Waals surface area contributed by atoms with Gasteiger partial charge in [0.25, 0.3) is 0 Å². The van der Waals surface area contributed by atoms with E-state index < -0.39 is 0 Å². The van der Waals surface area contributed by atoms with E-state index in [-0.39, 0.29) is 11.3 Å². The highest BCUT2D eigenvalue weighted by atomic mass is 35.5. The molecule has 1 aromatic carbocycles. The van der Waals surface area contributed by atoms with Crippen LogP contribution in [-0.4, -0.2) is 30.9 Å². The molecule has 1 aliphatic heterocycles. The number of piperidine rings is 1. The lowest BCUT2D eigenvalue weighted by atomic mass is 9.74. The Hall–Kier alpha value is -1.06. The fourth-order valence-corrected chi connectivity index (χ4v) is 3.33. The Kier molecular flexibility index (Phi) is 5.28. The zero-order valence-corrected chi connectivity index (χ0v) is 13.9. The third-order valence-electron chi connectivity index (χ3n) is 4.52. The molecule has 2 rings (SSSR count). The van der Waals surface area contributed by atoms with Crippen molar-refractivity contribution >= 4 is 17.5 Å². The van der Waals surface area contributed by atoms with Crippen LogP contribution in [0.3, 0.4) is 0 Å². The maximum Gasteiger partial charge on any atom is 0.228 e. The van der Waals surface area contributed by atoms with Gasteiger partial charge in [-0.3, -0.25) is 4.79 Å². The van der Waals surface area contributed by atoms with Gasteiger partial charge < -0.3 is 10.2 Å². The van der Waals surface area contributed by atoms with E-state index in [0.717, 1.165) is 31.5 Å². The predicted molar refractivity (Wildman–Crippen MR) is 87.3 cm³/mol. The second-order valence-corrected chi connectivity index (χ2v) is 6.99. The molecule has 4 heteroatoms. The molecule has 1 aromatic rings. The van der Waals surface area contributed by atoms with E-state index in [9.17, 15) is 4.79 Å². The fraction of sp³-hybridized carbons (Fsp3) is 0.588. The number of hydrogen-bond donors (Lipinski definition) is 1. The fourth-order valence-electron chi connectivity index (χ4n) is 3.12. The van der Waals surface area contributed by atoms with Gasteiger partial charge >= 0.3 is 0 Å². The van der Waals surface area contributed by atoms with E-state index in [2.05, 4.69) is 19.2 Å². The van der Waals surface area contributed by atoms with Crippen molar-refractivity contribution in [2.45, 2.75) is 33.2 Å². The van der Waals surface area contributed by atoms with Gasteiger partial charge in [0, 0.05) is 24.0 Å². The van der Waals surface area contributed by atoms with Crippen molar-refractivity contribution < 1.29 is 4.79 Å². The van der Waals surface area contributed by atoms with Crippen LogP contribution in [0.1, 0.15) is 32.3 Å². The van der Waals surface area contributed by atoms with Gasteiger partial charge in [0.2, 0.25) is 5.91 Å². The Balaban J connectivity index is 2.03. The highest BCUT2D eigenvalue weighted by Crippen LogP contribution is 2.33. The maximum atomic E-state index is 12.8. The van der Waals surface area contributed by atoms with Gasteiger partial charge in [-0.25, -0.2) is 0 Å². The molecule has 1 aliphatic rings. The molecule has 1 unspecified atom stereocenters. The number of nitrogens with one attached hydrogen (secondary N) is 1. The topological polar surface area (TPSA) is 32.3 Å². The van der Waals surface area contributed by atoms with Crippen molar-refractivity contribution in [3.63, 3.8) is 0 Å². The van der Waals surface area contributed by atoms with Crippen LogP contribution in [0.15, 0.2) is 24.3 Å². The van der Waals surface area contributed by atoms with E-state index in [1.807, 2.05) is 36.2 Å². The molecule has 0 radical (unpaired) electrons. The van der Waals surface area contributed by atoms with Crippen LogP contribution in [0.5, 0.6) is 0 Å². The summed E-state index contributed by atoms with van der Waals surface area (Å²) in [6, 6.07) is 7.70. The van der Waals surface area contributed by atoms with Crippen LogP contribution >= 0.6 is 11.6 Å². The summed E-state index contributed by atoms with van der Waals surface area (Å²) < 4.78 is 0. The minimum atomic E-state index is -0.333. The summed E-state index contributed by atoms with van der Waals surface area (Å²) in [6.45, 7) is 6.74. The molecule has 0 saturated carbocycles. The Morgan fingerprint density at radius 2 is 2.24 bits per heavy atom. The summed E-state index contributed by atoms with van der Waals surface area (Å²) in [7, 11) is 1.88. The normalized spacial score (nSPS) is 19.3. The van der Waals surface area contributed by atoms with Gasteiger partial charge in [0.1, 0.15) is 0 Å². The van der Waals surface area contributed by atoms with Crippen molar-refractivity contribution in [3.8, 4) is 0 Å². The number of rotatable bonds is 4. The molecule has 1 saturated heterocycles. The standard InChI is InChI=1S/C17H25ClN2O/c1-17(2,14-7-5-9-19-11-14)16(21)20(3)12-13-6-4-8-15(18)10-13/h4,6,8,10,14,19H,5,7,9,11-12H2,1-3H3. The van der Waals surface area contributed by atoms with Gasteiger partial charge in [-0.15, -0.1) is 0 Å². The summed E-state index contributed by atoms with van der Waals surface area (Å²) in [4.78, 5) is 14.6. The second-order valence-electron chi connectivity index (χ2n) is 6.56. The van der Waals surface area contributed by atoms with Crippen molar-refractivity contribution in [2.24, 2.45) is 11.3 Å². The molecule has 3 nitrogen and oxygen atoms in total. The van der Waals surface area contributed by atoms with Crippen molar-refractivity contribution in [2.75, 3.05) is 20.1 Å². The SMILES string of the molecule is CN(Cc1cccc(Cl)c1)C(=O)C(C)(C)C1CCCNC1. The maximum absolute atomic E-state index is 12.8. The van der Waals surface area contributed by atoms with E-state index >= 15 is 0 Å². The zero-order valence-electron chi connectivity index (χ0n) is 13.2. The smallest absolute Gasteiger partial charge is 0.228 e. The number of carbonyl (C=O) groups excluding carboxylic acids is 1. The van der Waals surface area contributed by atoms with E-state index in [1.165, 1.54) is 0 Å². The predicted octanol–water partition coefficient (Wildman–Crippen LogP) is 3.32. The summed E-state index contributed by atoms with van der Waals surface area (Å²) in [5.74, 6) is 0.608. The molecule has 1 atom stereocenters. The van der Waals surface area contributed by atoms with Crippen LogP contribution in [-0.2, 0) is 11.3 Å². The van der Waals surface area contributed by atoms with Crippen LogP contribution in [0.25, 0.3) is 0 Å². The first kappa shape index (κ1) is 16.3. The molecular formula is C17H25ClN2O. The number of benzene rings is 1. The molecule has 1 heterocycles. The monoisotopic (exact) mass is 308 g/mol. The van der Waals surface area contributed by atoms with Gasteiger partial charge in [-0.05, 0) is 49.5 Å². The Morgan fingerprint density at radius 1 is 1.48 bits per heavy atom. The van der Waals surface area contributed by atoms with Crippen molar-refractivity contribution in [1.29, 1.82) is 0 Å². The van der Waals surface area contributed by atoms with Crippen molar-refractivity contribution in [1.82, 2.24) is 10.2 Å². The highest BCUT2D eigenvalue weighted by molar-refractivity contribution is 6.30. The Bertz CT molecular complexity index is 495. The van der Waals surface area contributed by atoms with E-state index in [4.69, 9.17) is 11.6 Å². The molecular weight excluding hydrogens is 284 g/mol. The third-order valence-corrected chi connectivity index (χ3v) is 4.76. The lowest BCUT2D eigenvalue weighted by Gasteiger charge is -2.38. The van der Waals surface area contributed by atoms with Crippen LogP contribution in [0.2, 0.25) is 5.02 Å². The van der Waals surface area contributed by atoms with Gasteiger partial charge in [0.05, 0.1) is 0 Å². The summed E-state index contributed by atoms with van der Waals surface area (Å²) in [5, 5.41) is 4.12. The first-order chi connectivity index (χ1) is 9.91. The quantitative estimate of drug-likeness (QED) is 0.925. The average molecular weight is 309 g/mol. The molecule has 0 aliphatic carbocycles. The number of amides is 1. The van der Waals surface area contributed by atoms with Crippen LogP contribution < -0.4 is 5.32 Å². The molecule has 1 amide bonds. The van der Waals surface area contributed by atoms with Crippen LogP contribution in [0, 0.1) is 11.3 Å². The number of nitrogens with zero attached hydrogens (tertiary/aromatic N) is 1. The first-order valence-corrected chi connectivity index (χ1v) is 8.00. The van der Waals surface area contributed by atoms with E-state index in [1.54, 1.807) is 0 Å². The van der Waals surface area contributed by atoms with Gasteiger partial charge in [-0.1, -0.05) is 37.6 Å². The molecule has 0 aromatic heterocycles. The van der Waals surface area contributed by atoms with Gasteiger partial charge in [0.15, 0.2) is 0 Å². The average Bonchev–Trinajstić information content (AvgIpc) is 2.47. The zero-order chi connectivity index (χ0) is 15.5. The summed E-state index contributed by atoms with van der Waals surface area (Å²) in [5.41, 5.74) is 0.733. The number of carbonyl (C=O) groups is 1. The molecule has 116 valence electrons. The van der Waals surface area contributed by atoms with Crippen molar-refractivity contribution in [3.05, 3.63) is 34.9 Å². The summed E-state index contributed by atoms with van der Waals surface area (Å²) >= 11 is 6.01. The first-order valence-electron chi connectivity index (χ1n) is 7.62. The summed E-state index contributed by atoms with van der Waals surface area (Å²) in [6.07, 6.45) is 2.27. The molecule has 0 bridgehead atoms. The highest BCUT2D eigenvalue weighted by Gasteiger charge is 2.38. The third kappa shape index (κ3) is 3.98. The second kappa shape index (κ2) is 6.80. The number of hydrogen-bond acceptors (Lipinski definition) is 2. The lowest BCUT2D eigenvalue weighted by molar-refractivity contribution is -0.143.